The van der Waals surface area contributed by atoms with E-state index in [9.17, 15) is 18.4 Å². The Morgan fingerprint density at radius 1 is 1.11 bits per heavy atom. The van der Waals surface area contributed by atoms with Gasteiger partial charge in [0.25, 0.3) is 0 Å². The number of halogens is 2. The lowest BCUT2D eigenvalue weighted by Crippen LogP contribution is -2.19. The maximum absolute atomic E-state index is 12.3. The predicted octanol–water partition coefficient (Wildman–Crippen LogP) is 3.24. The van der Waals surface area contributed by atoms with E-state index in [1.807, 2.05) is 0 Å². The zero-order valence-corrected chi connectivity index (χ0v) is 15.4. The number of carbonyl (C=O) groups is 2. The average Bonchev–Trinajstić information content (AvgIpc) is 2.68. The van der Waals surface area contributed by atoms with Crippen molar-refractivity contribution in [3.05, 3.63) is 59.7 Å². The molecule has 0 bridgehead atoms. The summed E-state index contributed by atoms with van der Waals surface area (Å²) in [6, 6.07) is 11.2. The molecule has 2 N–H and O–H groups in total. The number of anilines is 1. The lowest BCUT2D eigenvalue weighted by atomic mass is 10.1. The summed E-state index contributed by atoms with van der Waals surface area (Å²) in [5.41, 5.74) is 1.98. The second kappa shape index (κ2) is 10.1. The van der Waals surface area contributed by atoms with Crippen molar-refractivity contribution in [1.82, 2.24) is 5.32 Å². The van der Waals surface area contributed by atoms with Gasteiger partial charge in [-0.25, -0.2) is 0 Å². The van der Waals surface area contributed by atoms with E-state index >= 15 is 0 Å². The second-order valence-electron chi connectivity index (χ2n) is 5.66. The minimum absolute atomic E-state index is 0.0871. The summed E-state index contributed by atoms with van der Waals surface area (Å²) < 4.78 is 34.0. The molecule has 6 nitrogen and oxygen atoms in total. The summed E-state index contributed by atoms with van der Waals surface area (Å²) in [5, 5.41) is 5.23. The summed E-state index contributed by atoms with van der Waals surface area (Å²) in [4.78, 5) is 23.4. The molecular weight excluding hydrogens is 370 g/mol. The molecule has 0 heterocycles. The van der Waals surface area contributed by atoms with Gasteiger partial charge in [0.1, 0.15) is 0 Å². The van der Waals surface area contributed by atoms with E-state index in [1.54, 1.807) is 31.3 Å². The molecule has 148 valence electrons. The van der Waals surface area contributed by atoms with Crippen LogP contribution in [0.5, 0.6) is 11.5 Å². The van der Waals surface area contributed by atoms with Gasteiger partial charge in [-0.2, -0.15) is 8.78 Å². The SMILES string of the molecule is CNC(=O)Cc1ccc(NC(=O)/C=C/c2ccc(OC(F)F)c(OC)c2)cc1. The number of carbonyl (C=O) groups excluding carboxylic acids is 2. The molecule has 0 aliphatic heterocycles. The summed E-state index contributed by atoms with van der Waals surface area (Å²) in [5.74, 6) is -0.420. The summed E-state index contributed by atoms with van der Waals surface area (Å²) in [7, 11) is 2.90. The van der Waals surface area contributed by atoms with Crippen molar-refractivity contribution in [2.45, 2.75) is 13.0 Å². The molecule has 0 saturated heterocycles. The van der Waals surface area contributed by atoms with E-state index in [2.05, 4.69) is 15.4 Å². The number of amides is 2. The second-order valence-corrected chi connectivity index (χ2v) is 5.66. The van der Waals surface area contributed by atoms with Crippen LogP contribution in [0.25, 0.3) is 6.08 Å². The third-order valence-electron chi connectivity index (χ3n) is 3.70. The quantitative estimate of drug-likeness (QED) is 0.679. The molecule has 2 aromatic rings. The van der Waals surface area contributed by atoms with Crippen molar-refractivity contribution in [2.75, 3.05) is 19.5 Å². The van der Waals surface area contributed by atoms with E-state index in [1.165, 1.54) is 37.5 Å². The smallest absolute Gasteiger partial charge is 0.387 e. The van der Waals surface area contributed by atoms with E-state index in [-0.39, 0.29) is 29.7 Å². The van der Waals surface area contributed by atoms with Crippen molar-refractivity contribution in [2.24, 2.45) is 0 Å². The molecule has 0 aliphatic carbocycles. The summed E-state index contributed by atoms with van der Waals surface area (Å²) >= 11 is 0. The molecule has 2 amide bonds. The van der Waals surface area contributed by atoms with Gasteiger partial charge in [-0.1, -0.05) is 18.2 Å². The van der Waals surface area contributed by atoms with Crippen molar-refractivity contribution in [3.63, 3.8) is 0 Å². The minimum Gasteiger partial charge on any atom is -0.493 e. The number of alkyl halides is 2. The normalized spacial score (nSPS) is 10.8. The van der Waals surface area contributed by atoms with Crippen LogP contribution < -0.4 is 20.1 Å². The van der Waals surface area contributed by atoms with Gasteiger partial charge in [0.2, 0.25) is 11.8 Å². The monoisotopic (exact) mass is 390 g/mol. The van der Waals surface area contributed by atoms with E-state index < -0.39 is 6.61 Å². The topological polar surface area (TPSA) is 76.7 Å². The first-order chi connectivity index (χ1) is 13.4. The van der Waals surface area contributed by atoms with E-state index in [4.69, 9.17) is 4.74 Å². The van der Waals surface area contributed by atoms with Gasteiger partial charge in [0, 0.05) is 18.8 Å². The molecule has 0 unspecified atom stereocenters. The lowest BCUT2D eigenvalue weighted by Gasteiger charge is -2.10. The van der Waals surface area contributed by atoms with E-state index in [0.29, 0.717) is 11.3 Å². The van der Waals surface area contributed by atoms with Crippen molar-refractivity contribution in [3.8, 4) is 11.5 Å². The van der Waals surface area contributed by atoms with Gasteiger partial charge in [-0.3, -0.25) is 9.59 Å². The van der Waals surface area contributed by atoms with Crippen LogP contribution in [0.1, 0.15) is 11.1 Å². The largest absolute Gasteiger partial charge is 0.493 e. The van der Waals surface area contributed by atoms with Crippen LogP contribution in [0.2, 0.25) is 0 Å². The Balaban J connectivity index is 1.98. The number of ether oxygens (including phenoxy) is 2. The standard InChI is InChI=1S/C20H20F2N2O4/c1-23-19(26)12-14-3-7-15(8-4-14)24-18(25)10-6-13-5-9-16(28-20(21)22)17(11-13)27-2/h3-11,20H,12H2,1-2H3,(H,23,26)(H,24,25)/b10-6+. The maximum Gasteiger partial charge on any atom is 0.387 e. The molecular formula is C20H20F2N2O4. The molecule has 0 atom stereocenters. The highest BCUT2D eigenvalue weighted by molar-refractivity contribution is 6.02. The highest BCUT2D eigenvalue weighted by Gasteiger charge is 2.10. The van der Waals surface area contributed by atoms with Crippen LogP contribution in [0.4, 0.5) is 14.5 Å². The van der Waals surface area contributed by atoms with Crippen LogP contribution in [0.15, 0.2) is 48.5 Å². The molecule has 2 rings (SSSR count). The highest BCUT2D eigenvalue weighted by atomic mass is 19.3. The maximum atomic E-state index is 12.3. The number of nitrogens with one attached hydrogen (secondary N) is 2. The molecule has 0 saturated carbocycles. The molecule has 0 aliphatic rings. The fourth-order valence-electron chi connectivity index (χ4n) is 2.32. The zero-order valence-electron chi connectivity index (χ0n) is 15.4. The Morgan fingerprint density at radius 2 is 1.82 bits per heavy atom. The number of hydrogen-bond donors (Lipinski definition) is 2. The highest BCUT2D eigenvalue weighted by Crippen LogP contribution is 2.29. The predicted molar refractivity (Wildman–Crippen MR) is 102 cm³/mol. The summed E-state index contributed by atoms with van der Waals surface area (Å²) in [6.07, 6.45) is 3.09. The lowest BCUT2D eigenvalue weighted by molar-refractivity contribution is -0.120. The van der Waals surface area contributed by atoms with Gasteiger partial charge >= 0.3 is 6.61 Å². The van der Waals surface area contributed by atoms with Gasteiger partial charge < -0.3 is 20.1 Å². The van der Waals surface area contributed by atoms with Crippen LogP contribution >= 0.6 is 0 Å². The van der Waals surface area contributed by atoms with Gasteiger partial charge in [0.15, 0.2) is 11.5 Å². The Hall–Kier alpha value is -3.42. The number of likely N-dealkylation sites (N-methyl/N-ethyl adjacent to an activating group) is 1. The third-order valence-corrected chi connectivity index (χ3v) is 3.70. The number of hydrogen-bond acceptors (Lipinski definition) is 4. The van der Waals surface area contributed by atoms with Gasteiger partial charge in [-0.15, -0.1) is 0 Å². The van der Waals surface area contributed by atoms with Crippen LogP contribution in [-0.4, -0.2) is 32.6 Å². The minimum atomic E-state index is -2.95. The first-order valence-electron chi connectivity index (χ1n) is 8.32. The number of rotatable bonds is 8. The van der Waals surface area contributed by atoms with Gasteiger partial charge in [0.05, 0.1) is 13.5 Å². The fourth-order valence-corrected chi connectivity index (χ4v) is 2.32. The van der Waals surface area contributed by atoms with Crippen LogP contribution in [0, 0.1) is 0 Å². The number of methoxy groups -OCH3 is 1. The first kappa shape index (κ1) is 20.9. The Bertz CT molecular complexity index is 852. The molecule has 28 heavy (non-hydrogen) atoms. The van der Waals surface area contributed by atoms with Crippen LogP contribution in [-0.2, 0) is 16.0 Å². The zero-order chi connectivity index (χ0) is 20.5. The average molecular weight is 390 g/mol. The molecule has 0 radical (unpaired) electrons. The van der Waals surface area contributed by atoms with Crippen molar-refractivity contribution < 1.29 is 27.8 Å². The van der Waals surface area contributed by atoms with Crippen molar-refractivity contribution in [1.29, 1.82) is 0 Å². The van der Waals surface area contributed by atoms with E-state index in [0.717, 1.165) is 5.56 Å². The number of benzene rings is 2. The third kappa shape index (κ3) is 6.39. The molecule has 0 spiro atoms. The molecule has 0 aromatic heterocycles. The molecule has 8 heteroatoms. The Morgan fingerprint density at radius 3 is 2.43 bits per heavy atom. The Labute approximate surface area is 161 Å². The Kier molecular flexibility index (Phi) is 7.50. The van der Waals surface area contributed by atoms with Gasteiger partial charge in [-0.05, 0) is 41.5 Å². The van der Waals surface area contributed by atoms with Crippen LogP contribution in [0.3, 0.4) is 0 Å². The first-order valence-corrected chi connectivity index (χ1v) is 8.32. The van der Waals surface area contributed by atoms with Crippen molar-refractivity contribution >= 4 is 23.6 Å². The molecule has 2 aromatic carbocycles. The molecule has 0 fully saturated rings. The summed E-state index contributed by atoms with van der Waals surface area (Å²) in [6.45, 7) is -2.95. The fraction of sp³-hybridized carbons (Fsp3) is 0.200.